The zero-order valence-corrected chi connectivity index (χ0v) is 14.7. The van der Waals surface area contributed by atoms with Crippen molar-refractivity contribution in [2.45, 2.75) is 11.8 Å². The molecule has 25 heavy (non-hydrogen) atoms. The third-order valence-corrected chi connectivity index (χ3v) is 5.12. The van der Waals surface area contributed by atoms with Crippen LogP contribution in [0.4, 0.5) is 5.69 Å². The lowest BCUT2D eigenvalue weighted by Crippen LogP contribution is -2.26. The molecular formula is C20H15N3OS. The summed E-state index contributed by atoms with van der Waals surface area (Å²) < 4.78 is 5.32. The number of fused-ring (bicyclic) bond motifs is 3. The maximum atomic E-state index is 9.21. The van der Waals surface area contributed by atoms with Crippen LogP contribution < -0.4 is 9.64 Å². The Bertz CT molecular complexity index is 981. The van der Waals surface area contributed by atoms with E-state index < -0.39 is 0 Å². The molecule has 0 N–H and O–H groups in total. The molecule has 2 heterocycles. The molecule has 0 bridgehead atoms. The molecule has 2 aliphatic rings. The molecule has 0 saturated carbocycles. The quantitative estimate of drug-likeness (QED) is 0.738. The van der Waals surface area contributed by atoms with E-state index in [-0.39, 0.29) is 0 Å². The second-order valence-electron chi connectivity index (χ2n) is 5.76. The Hall–Kier alpha value is -2.97. The summed E-state index contributed by atoms with van der Waals surface area (Å²) in [6.45, 7) is 2.06. The van der Waals surface area contributed by atoms with Crippen molar-refractivity contribution >= 4 is 28.3 Å². The molecule has 2 aliphatic heterocycles. The van der Waals surface area contributed by atoms with E-state index >= 15 is 0 Å². The molecule has 0 spiro atoms. The van der Waals surface area contributed by atoms with Crippen LogP contribution in [0, 0.1) is 18.3 Å². The number of ether oxygens (including phenoxy) is 1. The van der Waals surface area contributed by atoms with E-state index in [1.165, 1.54) is 5.56 Å². The lowest BCUT2D eigenvalue weighted by atomic mass is 10.1. The Morgan fingerprint density at radius 1 is 1.20 bits per heavy atom. The summed E-state index contributed by atoms with van der Waals surface area (Å²) >= 11 is 1.59. The fourth-order valence-corrected chi connectivity index (χ4v) is 3.92. The van der Waals surface area contributed by atoms with Gasteiger partial charge in [-0.2, -0.15) is 5.26 Å². The van der Waals surface area contributed by atoms with E-state index in [1.807, 2.05) is 29.2 Å². The number of hydrogen-bond acceptors (Lipinski definition) is 5. The van der Waals surface area contributed by atoms with Gasteiger partial charge in [-0.05, 0) is 43.0 Å². The molecule has 2 aromatic rings. The van der Waals surface area contributed by atoms with Crippen LogP contribution >= 0.6 is 11.8 Å². The fraction of sp³-hybridized carbons (Fsp3) is 0.100. The SMILES string of the molecule is COc1ccc2c(c1)SC1=NC(c3ccc(C)cc3)=C/C(=C\C#N)N12. The molecule has 0 aromatic heterocycles. The van der Waals surface area contributed by atoms with Crippen LogP contribution in [0.3, 0.4) is 0 Å². The van der Waals surface area contributed by atoms with Crippen LogP contribution in [-0.4, -0.2) is 12.3 Å². The third-order valence-electron chi connectivity index (χ3n) is 4.12. The van der Waals surface area contributed by atoms with Crippen molar-refractivity contribution < 1.29 is 4.74 Å². The van der Waals surface area contributed by atoms with Crippen molar-refractivity contribution in [3.8, 4) is 11.8 Å². The number of rotatable bonds is 2. The van der Waals surface area contributed by atoms with Crippen molar-refractivity contribution in [1.29, 1.82) is 5.26 Å². The molecule has 5 heteroatoms. The largest absolute Gasteiger partial charge is 0.497 e. The number of aliphatic imine (C=N–C) groups is 1. The van der Waals surface area contributed by atoms with Gasteiger partial charge >= 0.3 is 0 Å². The fourth-order valence-electron chi connectivity index (χ4n) is 2.84. The number of nitriles is 1. The number of anilines is 1. The minimum Gasteiger partial charge on any atom is -0.497 e. The van der Waals surface area contributed by atoms with Gasteiger partial charge in [-0.1, -0.05) is 29.8 Å². The molecule has 0 amide bonds. The molecule has 0 aliphatic carbocycles. The smallest absolute Gasteiger partial charge is 0.178 e. The number of thioether (sulfide) groups is 1. The number of allylic oxidation sites excluding steroid dienone is 2. The minimum absolute atomic E-state index is 0.809. The van der Waals surface area contributed by atoms with Gasteiger partial charge in [0.15, 0.2) is 5.17 Å². The average Bonchev–Trinajstić information content (AvgIpc) is 3.00. The third kappa shape index (κ3) is 2.71. The van der Waals surface area contributed by atoms with E-state index in [0.717, 1.165) is 38.5 Å². The maximum absolute atomic E-state index is 9.21. The highest BCUT2D eigenvalue weighted by molar-refractivity contribution is 8.14. The zero-order valence-electron chi connectivity index (χ0n) is 13.9. The van der Waals surface area contributed by atoms with Crippen LogP contribution in [0.25, 0.3) is 5.70 Å². The Labute approximate surface area is 150 Å². The first-order valence-corrected chi connectivity index (χ1v) is 8.64. The number of benzene rings is 2. The van der Waals surface area contributed by atoms with Crippen LogP contribution in [-0.2, 0) is 0 Å². The molecule has 0 saturated heterocycles. The molecule has 2 aromatic carbocycles. The first kappa shape index (κ1) is 15.6. The van der Waals surface area contributed by atoms with Gasteiger partial charge in [0.1, 0.15) is 5.75 Å². The molecule has 0 atom stereocenters. The van der Waals surface area contributed by atoms with E-state index in [1.54, 1.807) is 24.9 Å². The lowest BCUT2D eigenvalue weighted by molar-refractivity contribution is 0.414. The van der Waals surface area contributed by atoms with Crippen molar-refractivity contribution in [3.63, 3.8) is 0 Å². The number of amidine groups is 1. The molecule has 122 valence electrons. The summed E-state index contributed by atoms with van der Waals surface area (Å²) in [5.41, 5.74) is 4.94. The monoisotopic (exact) mass is 345 g/mol. The van der Waals surface area contributed by atoms with Crippen molar-refractivity contribution in [3.05, 3.63) is 71.4 Å². The second-order valence-corrected chi connectivity index (χ2v) is 6.77. The Morgan fingerprint density at radius 2 is 2.00 bits per heavy atom. The summed E-state index contributed by atoms with van der Waals surface area (Å²) in [6.07, 6.45) is 3.51. The highest BCUT2D eigenvalue weighted by Crippen LogP contribution is 2.46. The number of methoxy groups -OCH3 is 1. The van der Waals surface area contributed by atoms with E-state index in [2.05, 4.69) is 37.3 Å². The van der Waals surface area contributed by atoms with Gasteiger partial charge in [-0.3, -0.25) is 4.90 Å². The highest BCUT2D eigenvalue weighted by Gasteiger charge is 2.32. The number of hydrogen-bond donors (Lipinski definition) is 0. The van der Waals surface area contributed by atoms with Gasteiger partial charge in [0.2, 0.25) is 0 Å². The van der Waals surface area contributed by atoms with E-state index in [9.17, 15) is 5.26 Å². The summed E-state index contributed by atoms with van der Waals surface area (Å²) in [6, 6.07) is 16.3. The lowest BCUT2D eigenvalue weighted by Gasteiger charge is -2.24. The maximum Gasteiger partial charge on any atom is 0.178 e. The first-order chi connectivity index (χ1) is 12.2. The minimum atomic E-state index is 0.809. The van der Waals surface area contributed by atoms with Crippen LogP contribution in [0.1, 0.15) is 11.1 Å². The Kier molecular flexibility index (Phi) is 3.83. The van der Waals surface area contributed by atoms with Crippen LogP contribution in [0.5, 0.6) is 5.75 Å². The molecule has 0 radical (unpaired) electrons. The predicted octanol–water partition coefficient (Wildman–Crippen LogP) is 4.73. The summed E-state index contributed by atoms with van der Waals surface area (Å²) in [4.78, 5) is 7.91. The molecule has 4 rings (SSSR count). The van der Waals surface area contributed by atoms with Gasteiger partial charge < -0.3 is 4.74 Å². The summed E-state index contributed by atoms with van der Waals surface area (Å²) in [7, 11) is 1.66. The number of aryl methyl sites for hydroxylation is 1. The second kappa shape index (κ2) is 6.15. The van der Waals surface area contributed by atoms with Crippen LogP contribution in [0.2, 0.25) is 0 Å². The van der Waals surface area contributed by atoms with Gasteiger partial charge in [-0.15, -0.1) is 0 Å². The Morgan fingerprint density at radius 3 is 2.72 bits per heavy atom. The molecule has 0 fully saturated rings. The molecule has 0 unspecified atom stereocenters. The zero-order chi connectivity index (χ0) is 17.4. The van der Waals surface area contributed by atoms with Gasteiger partial charge in [-0.25, -0.2) is 4.99 Å². The Balaban J connectivity index is 1.81. The standard InChI is InChI=1S/C20H15N3OS/c1-13-3-5-14(6-4-13)17-11-15(9-10-21)23-18-8-7-16(24-2)12-19(18)25-20(23)22-17/h3-9,11-12H,1-2H3/b15-9+. The van der Waals surface area contributed by atoms with Crippen LogP contribution in [0.15, 0.2) is 70.2 Å². The van der Waals surface area contributed by atoms with Gasteiger partial charge in [0.05, 0.1) is 30.3 Å². The van der Waals surface area contributed by atoms with Crippen molar-refractivity contribution in [2.75, 3.05) is 12.0 Å². The summed E-state index contributed by atoms with van der Waals surface area (Å²) in [5, 5.41) is 10.1. The molecule has 4 nitrogen and oxygen atoms in total. The average molecular weight is 345 g/mol. The first-order valence-electron chi connectivity index (χ1n) is 7.83. The van der Waals surface area contributed by atoms with Gasteiger partial charge in [0, 0.05) is 16.5 Å². The highest BCUT2D eigenvalue weighted by atomic mass is 32.2. The van der Waals surface area contributed by atoms with E-state index in [4.69, 9.17) is 9.73 Å². The van der Waals surface area contributed by atoms with Crippen molar-refractivity contribution in [2.24, 2.45) is 4.99 Å². The topological polar surface area (TPSA) is 48.6 Å². The molecular weight excluding hydrogens is 330 g/mol. The summed E-state index contributed by atoms with van der Waals surface area (Å²) in [5.74, 6) is 0.809. The van der Waals surface area contributed by atoms with Crippen molar-refractivity contribution in [1.82, 2.24) is 0 Å². The van der Waals surface area contributed by atoms with E-state index in [0.29, 0.717) is 0 Å². The normalized spacial score (nSPS) is 16.7. The number of nitrogens with zero attached hydrogens (tertiary/aromatic N) is 3. The predicted molar refractivity (Wildman–Crippen MR) is 102 cm³/mol. The van der Waals surface area contributed by atoms with Gasteiger partial charge in [0.25, 0.3) is 0 Å².